The number of halogens is 2. The highest BCUT2D eigenvalue weighted by molar-refractivity contribution is 5.85. The molecule has 0 amide bonds. The van der Waals surface area contributed by atoms with Gasteiger partial charge in [0.15, 0.2) is 0 Å². The Balaban J connectivity index is 0.00000147. The summed E-state index contributed by atoms with van der Waals surface area (Å²) in [5.74, 6) is -0.221. The van der Waals surface area contributed by atoms with Gasteiger partial charge in [-0.15, -0.1) is 12.4 Å². The van der Waals surface area contributed by atoms with E-state index in [1.165, 1.54) is 12.1 Å². The molecule has 0 radical (unpaired) electrons. The first-order chi connectivity index (χ1) is 9.31. The quantitative estimate of drug-likeness (QED) is 0.648. The van der Waals surface area contributed by atoms with Gasteiger partial charge < -0.3 is 0 Å². The fraction of sp³-hybridized carbons (Fsp3) is 0. The molecule has 0 bridgehead atoms. The van der Waals surface area contributed by atoms with Crippen molar-refractivity contribution in [1.29, 1.82) is 0 Å². The lowest BCUT2D eigenvalue weighted by Crippen LogP contribution is -1.82. The van der Waals surface area contributed by atoms with E-state index in [-0.39, 0.29) is 18.2 Å². The summed E-state index contributed by atoms with van der Waals surface area (Å²) in [7, 11) is 0. The number of rotatable bonds is 2. The number of pyridine rings is 1. The van der Waals surface area contributed by atoms with Crippen LogP contribution >= 0.6 is 12.4 Å². The number of hydrogen-bond acceptors (Lipinski definition) is 1. The highest BCUT2D eigenvalue weighted by Crippen LogP contribution is 2.14. The van der Waals surface area contributed by atoms with Gasteiger partial charge in [0, 0.05) is 5.39 Å². The zero-order valence-corrected chi connectivity index (χ0v) is 11.5. The molecule has 2 aromatic carbocycles. The Bertz CT molecular complexity index is 735. The average Bonchev–Trinajstić information content (AvgIpc) is 2.46. The lowest BCUT2D eigenvalue weighted by molar-refractivity contribution is 0.628. The molecule has 0 aliphatic carbocycles. The van der Waals surface area contributed by atoms with Crippen LogP contribution < -0.4 is 0 Å². The number of aromatic nitrogens is 1. The third kappa shape index (κ3) is 3.22. The average molecular weight is 286 g/mol. The van der Waals surface area contributed by atoms with Crippen LogP contribution in [0.4, 0.5) is 4.39 Å². The number of fused-ring (bicyclic) bond motifs is 1. The van der Waals surface area contributed by atoms with Crippen LogP contribution in [0.15, 0.2) is 60.7 Å². The van der Waals surface area contributed by atoms with Crippen molar-refractivity contribution in [3.05, 3.63) is 77.7 Å². The SMILES string of the molecule is Cl.Fc1ccc(/C=C/c2ccc3ccccc3n2)cc1. The van der Waals surface area contributed by atoms with Crippen molar-refractivity contribution in [3.8, 4) is 0 Å². The van der Waals surface area contributed by atoms with E-state index in [1.807, 2.05) is 48.6 Å². The van der Waals surface area contributed by atoms with Gasteiger partial charge in [0.1, 0.15) is 5.82 Å². The van der Waals surface area contributed by atoms with E-state index < -0.39 is 0 Å². The standard InChI is InChI=1S/C17H12FN.ClH/c18-15-9-5-13(6-10-15)7-11-16-12-8-14-3-1-2-4-17(14)19-16;/h1-12H;1H/b11-7+;. The molecule has 1 aromatic heterocycles. The molecule has 3 aromatic rings. The van der Waals surface area contributed by atoms with Crippen LogP contribution in [-0.4, -0.2) is 4.98 Å². The summed E-state index contributed by atoms with van der Waals surface area (Å²) in [4.78, 5) is 4.55. The molecule has 1 heterocycles. The lowest BCUT2D eigenvalue weighted by Gasteiger charge is -1.98. The molecule has 0 saturated heterocycles. The summed E-state index contributed by atoms with van der Waals surface area (Å²) in [6, 6.07) is 18.4. The Labute approximate surface area is 123 Å². The van der Waals surface area contributed by atoms with E-state index in [2.05, 4.69) is 4.98 Å². The Hall–Kier alpha value is -2.19. The van der Waals surface area contributed by atoms with Gasteiger partial charge in [-0.2, -0.15) is 0 Å². The van der Waals surface area contributed by atoms with Crippen molar-refractivity contribution >= 4 is 35.5 Å². The maximum Gasteiger partial charge on any atom is 0.123 e. The van der Waals surface area contributed by atoms with Crippen LogP contribution in [0.25, 0.3) is 23.1 Å². The summed E-state index contributed by atoms with van der Waals surface area (Å²) in [5, 5.41) is 1.13. The molecule has 0 unspecified atom stereocenters. The largest absolute Gasteiger partial charge is 0.248 e. The fourth-order valence-electron chi connectivity index (χ4n) is 1.93. The van der Waals surface area contributed by atoms with Gasteiger partial charge in [0.05, 0.1) is 11.2 Å². The molecular weight excluding hydrogens is 273 g/mol. The van der Waals surface area contributed by atoms with Crippen LogP contribution in [-0.2, 0) is 0 Å². The first kappa shape index (κ1) is 14.2. The van der Waals surface area contributed by atoms with Crippen molar-refractivity contribution in [2.45, 2.75) is 0 Å². The molecule has 0 fully saturated rings. The van der Waals surface area contributed by atoms with E-state index in [0.717, 1.165) is 22.2 Å². The van der Waals surface area contributed by atoms with Gasteiger partial charge in [-0.3, -0.25) is 0 Å². The Morgan fingerprint density at radius 2 is 1.55 bits per heavy atom. The highest BCUT2D eigenvalue weighted by atomic mass is 35.5. The van der Waals surface area contributed by atoms with Crippen molar-refractivity contribution in [1.82, 2.24) is 4.98 Å². The molecule has 0 aliphatic rings. The Kier molecular flexibility index (Phi) is 4.49. The first-order valence-electron chi connectivity index (χ1n) is 6.11. The zero-order valence-electron chi connectivity index (χ0n) is 10.7. The van der Waals surface area contributed by atoms with Crippen molar-refractivity contribution in [2.24, 2.45) is 0 Å². The minimum Gasteiger partial charge on any atom is -0.248 e. The molecule has 3 heteroatoms. The molecule has 3 rings (SSSR count). The van der Waals surface area contributed by atoms with Crippen LogP contribution in [0.5, 0.6) is 0 Å². The number of para-hydroxylation sites is 1. The van der Waals surface area contributed by atoms with Crippen LogP contribution in [0.3, 0.4) is 0 Å². The van der Waals surface area contributed by atoms with E-state index in [9.17, 15) is 4.39 Å². The number of benzene rings is 2. The predicted octanol–water partition coefficient (Wildman–Crippen LogP) is 4.97. The monoisotopic (exact) mass is 285 g/mol. The van der Waals surface area contributed by atoms with Gasteiger partial charge in [0.25, 0.3) is 0 Å². The predicted molar refractivity (Wildman–Crippen MR) is 84.3 cm³/mol. The molecule has 1 nitrogen and oxygen atoms in total. The second-order valence-electron chi connectivity index (χ2n) is 4.31. The van der Waals surface area contributed by atoms with Gasteiger partial charge in [-0.25, -0.2) is 9.37 Å². The van der Waals surface area contributed by atoms with Crippen molar-refractivity contribution in [2.75, 3.05) is 0 Å². The maximum atomic E-state index is 12.8. The van der Waals surface area contributed by atoms with Crippen LogP contribution in [0, 0.1) is 5.82 Å². The van der Waals surface area contributed by atoms with Gasteiger partial charge >= 0.3 is 0 Å². The molecule has 0 atom stereocenters. The highest BCUT2D eigenvalue weighted by Gasteiger charge is 1.95. The summed E-state index contributed by atoms with van der Waals surface area (Å²) in [6.45, 7) is 0. The van der Waals surface area contributed by atoms with Crippen LogP contribution in [0.2, 0.25) is 0 Å². The van der Waals surface area contributed by atoms with Crippen molar-refractivity contribution in [3.63, 3.8) is 0 Å². The first-order valence-corrected chi connectivity index (χ1v) is 6.11. The Morgan fingerprint density at radius 3 is 2.35 bits per heavy atom. The smallest absolute Gasteiger partial charge is 0.123 e. The fourth-order valence-corrected chi connectivity index (χ4v) is 1.93. The lowest BCUT2D eigenvalue weighted by atomic mass is 10.1. The molecular formula is C17H13ClFN. The van der Waals surface area contributed by atoms with E-state index in [1.54, 1.807) is 12.1 Å². The Morgan fingerprint density at radius 1 is 0.800 bits per heavy atom. The van der Waals surface area contributed by atoms with E-state index in [4.69, 9.17) is 0 Å². The van der Waals surface area contributed by atoms with Gasteiger partial charge in [-0.05, 0) is 35.9 Å². The topological polar surface area (TPSA) is 12.9 Å². The normalized spacial score (nSPS) is 10.7. The third-order valence-corrected chi connectivity index (χ3v) is 2.94. The summed E-state index contributed by atoms with van der Waals surface area (Å²) < 4.78 is 12.8. The third-order valence-electron chi connectivity index (χ3n) is 2.94. The summed E-state index contributed by atoms with van der Waals surface area (Å²) >= 11 is 0. The molecule has 0 saturated carbocycles. The second kappa shape index (κ2) is 6.31. The summed E-state index contributed by atoms with van der Waals surface area (Å²) in [5.41, 5.74) is 2.82. The summed E-state index contributed by atoms with van der Waals surface area (Å²) in [6.07, 6.45) is 3.86. The number of hydrogen-bond donors (Lipinski definition) is 0. The van der Waals surface area contributed by atoms with E-state index in [0.29, 0.717) is 0 Å². The molecule has 0 spiro atoms. The van der Waals surface area contributed by atoms with Gasteiger partial charge in [0.2, 0.25) is 0 Å². The van der Waals surface area contributed by atoms with E-state index >= 15 is 0 Å². The van der Waals surface area contributed by atoms with Crippen molar-refractivity contribution < 1.29 is 4.39 Å². The molecule has 0 N–H and O–H groups in total. The minimum absolute atomic E-state index is 0. The number of nitrogens with zero attached hydrogens (tertiary/aromatic N) is 1. The molecule has 100 valence electrons. The van der Waals surface area contributed by atoms with Crippen LogP contribution in [0.1, 0.15) is 11.3 Å². The minimum atomic E-state index is -0.221. The molecule has 0 aliphatic heterocycles. The maximum absolute atomic E-state index is 12.8. The zero-order chi connectivity index (χ0) is 13.1. The van der Waals surface area contributed by atoms with Gasteiger partial charge in [-0.1, -0.05) is 42.5 Å². The molecule has 20 heavy (non-hydrogen) atoms. The second-order valence-corrected chi connectivity index (χ2v) is 4.31.